The maximum absolute atomic E-state index is 12.4. The molecular weight excluding hydrogens is 367 g/mol. The van der Waals surface area contributed by atoms with Crippen LogP contribution >= 0.6 is 23.2 Å². The summed E-state index contributed by atoms with van der Waals surface area (Å²) in [7, 11) is 0. The van der Waals surface area contributed by atoms with E-state index in [1.54, 1.807) is 18.2 Å². The van der Waals surface area contributed by atoms with Crippen molar-refractivity contribution in [3.8, 4) is 5.75 Å². The molecule has 1 aliphatic carbocycles. The summed E-state index contributed by atoms with van der Waals surface area (Å²) in [6.45, 7) is 2.20. The number of benzene rings is 2. The van der Waals surface area contributed by atoms with Gasteiger partial charge in [-0.1, -0.05) is 60.8 Å². The Morgan fingerprint density at radius 2 is 1.69 bits per heavy atom. The molecule has 1 saturated carbocycles. The number of halogens is 2. The average Bonchev–Trinajstić information content (AvgIpc) is 2.66. The highest BCUT2D eigenvalue weighted by molar-refractivity contribution is 6.42. The van der Waals surface area contributed by atoms with Crippen LogP contribution < -0.4 is 4.74 Å². The van der Waals surface area contributed by atoms with Gasteiger partial charge in [0.1, 0.15) is 5.75 Å². The SMILES string of the molecule is CCCc1ccc(C2CCC(C(=O)Oc3ccc(Cl)c(Cl)c3)CC2)cc1. The second-order valence-electron chi connectivity index (χ2n) is 7.04. The van der Waals surface area contributed by atoms with Gasteiger partial charge >= 0.3 is 5.97 Å². The first kappa shape index (κ1) is 19.3. The van der Waals surface area contributed by atoms with E-state index in [0.29, 0.717) is 21.7 Å². The summed E-state index contributed by atoms with van der Waals surface area (Å²) in [5.41, 5.74) is 2.79. The van der Waals surface area contributed by atoms with Gasteiger partial charge in [-0.05, 0) is 61.3 Å². The van der Waals surface area contributed by atoms with Crippen molar-refractivity contribution in [2.45, 2.75) is 51.4 Å². The summed E-state index contributed by atoms with van der Waals surface area (Å²) in [6.07, 6.45) is 6.07. The molecule has 0 aromatic heterocycles. The summed E-state index contributed by atoms with van der Waals surface area (Å²) < 4.78 is 5.49. The normalized spacial score (nSPS) is 20.0. The smallest absolute Gasteiger partial charge is 0.314 e. The molecule has 1 aliphatic rings. The molecule has 2 aromatic rings. The molecule has 0 N–H and O–H groups in total. The Bertz CT molecular complexity index is 747. The van der Waals surface area contributed by atoms with E-state index in [-0.39, 0.29) is 11.9 Å². The molecule has 0 heterocycles. The third-order valence-electron chi connectivity index (χ3n) is 5.16. The molecule has 2 nitrogen and oxygen atoms in total. The Hall–Kier alpha value is -1.51. The Labute approximate surface area is 165 Å². The van der Waals surface area contributed by atoms with E-state index >= 15 is 0 Å². The number of ether oxygens (including phenoxy) is 1. The second kappa shape index (κ2) is 8.92. The second-order valence-corrected chi connectivity index (χ2v) is 7.85. The van der Waals surface area contributed by atoms with Crippen LogP contribution in [0, 0.1) is 5.92 Å². The van der Waals surface area contributed by atoms with E-state index in [1.807, 2.05) is 0 Å². The number of rotatable bonds is 5. The fourth-order valence-electron chi connectivity index (χ4n) is 3.65. The van der Waals surface area contributed by atoms with Crippen molar-refractivity contribution in [1.29, 1.82) is 0 Å². The fourth-order valence-corrected chi connectivity index (χ4v) is 3.94. The zero-order valence-electron chi connectivity index (χ0n) is 15.0. The number of carbonyl (C=O) groups is 1. The van der Waals surface area contributed by atoms with Crippen molar-refractivity contribution < 1.29 is 9.53 Å². The van der Waals surface area contributed by atoms with Gasteiger partial charge in [0.05, 0.1) is 16.0 Å². The number of aryl methyl sites for hydroxylation is 1. The van der Waals surface area contributed by atoms with Gasteiger partial charge in [0.15, 0.2) is 0 Å². The first-order chi connectivity index (χ1) is 12.6. The van der Waals surface area contributed by atoms with Gasteiger partial charge in [-0.15, -0.1) is 0 Å². The Kier molecular flexibility index (Phi) is 6.61. The lowest BCUT2D eigenvalue weighted by Gasteiger charge is -2.27. The van der Waals surface area contributed by atoms with Crippen molar-refractivity contribution >= 4 is 29.2 Å². The topological polar surface area (TPSA) is 26.3 Å². The Morgan fingerprint density at radius 1 is 1.00 bits per heavy atom. The molecule has 138 valence electrons. The third kappa shape index (κ3) is 4.81. The monoisotopic (exact) mass is 390 g/mol. The standard InChI is InChI=1S/C22H24Cl2O2/c1-2-3-15-4-6-16(7-5-15)17-8-10-18(11-9-17)22(25)26-19-12-13-20(23)21(24)14-19/h4-7,12-14,17-18H,2-3,8-11H2,1H3. The van der Waals surface area contributed by atoms with Crippen LogP contribution in [0.25, 0.3) is 0 Å². The summed E-state index contributed by atoms with van der Waals surface area (Å²) in [5, 5.41) is 0.851. The van der Waals surface area contributed by atoms with Crippen LogP contribution in [0.3, 0.4) is 0 Å². The maximum atomic E-state index is 12.4. The zero-order chi connectivity index (χ0) is 18.5. The molecule has 0 spiro atoms. The quantitative estimate of drug-likeness (QED) is 0.413. The van der Waals surface area contributed by atoms with Crippen LogP contribution in [0.15, 0.2) is 42.5 Å². The molecule has 1 fully saturated rings. The minimum Gasteiger partial charge on any atom is -0.426 e. The van der Waals surface area contributed by atoms with Gasteiger partial charge < -0.3 is 4.74 Å². The minimum absolute atomic E-state index is 0.0416. The molecule has 4 heteroatoms. The van der Waals surface area contributed by atoms with E-state index in [1.165, 1.54) is 17.5 Å². The predicted octanol–water partition coefficient (Wildman–Crippen LogP) is 6.83. The number of hydrogen-bond donors (Lipinski definition) is 0. The van der Waals surface area contributed by atoms with Crippen molar-refractivity contribution in [1.82, 2.24) is 0 Å². The van der Waals surface area contributed by atoms with Gasteiger partial charge in [0.25, 0.3) is 0 Å². The van der Waals surface area contributed by atoms with E-state index < -0.39 is 0 Å². The summed E-state index contributed by atoms with van der Waals surface area (Å²) >= 11 is 11.9. The predicted molar refractivity (Wildman–Crippen MR) is 107 cm³/mol. The molecule has 0 atom stereocenters. The molecule has 3 rings (SSSR count). The van der Waals surface area contributed by atoms with Gasteiger partial charge in [0, 0.05) is 6.07 Å². The average molecular weight is 391 g/mol. The van der Waals surface area contributed by atoms with Gasteiger partial charge in [0.2, 0.25) is 0 Å². The number of esters is 1. The Morgan fingerprint density at radius 3 is 2.31 bits per heavy atom. The van der Waals surface area contributed by atoms with Crippen molar-refractivity contribution in [3.63, 3.8) is 0 Å². The summed E-state index contributed by atoms with van der Waals surface area (Å²) in [6, 6.07) is 13.9. The fraction of sp³-hybridized carbons (Fsp3) is 0.409. The first-order valence-corrected chi connectivity index (χ1v) is 10.1. The molecule has 0 amide bonds. The number of carbonyl (C=O) groups excluding carboxylic acids is 1. The minimum atomic E-state index is -0.167. The van der Waals surface area contributed by atoms with Gasteiger partial charge in [-0.2, -0.15) is 0 Å². The van der Waals surface area contributed by atoms with Crippen molar-refractivity contribution in [3.05, 3.63) is 63.6 Å². The van der Waals surface area contributed by atoms with Crippen LogP contribution in [0.4, 0.5) is 0 Å². The molecular formula is C22H24Cl2O2. The van der Waals surface area contributed by atoms with Crippen LogP contribution in [0.1, 0.15) is 56.1 Å². The lowest BCUT2D eigenvalue weighted by molar-refractivity contribution is -0.140. The third-order valence-corrected chi connectivity index (χ3v) is 5.90. The lowest BCUT2D eigenvalue weighted by Crippen LogP contribution is -2.25. The first-order valence-electron chi connectivity index (χ1n) is 9.32. The molecule has 0 bridgehead atoms. The van der Waals surface area contributed by atoms with Crippen LogP contribution in [-0.2, 0) is 11.2 Å². The molecule has 0 unspecified atom stereocenters. The molecule has 26 heavy (non-hydrogen) atoms. The van der Waals surface area contributed by atoms with Crippen LogP contribution in [-0.4, -0.2) is 5.97 Å². The highest BCUT2D eigenvalue weighted by atomic mass is 35.5. The van der Waals surface area contributed by atoms with Crippen LogP contribution in [0.2, 0.25) is 10.0 Å². The number of hydrogen-bond acceptors (Lipinski definition) is 2. The van der Waals surface area contributed by atoms with E-state index in [2.05, 4.69) is 31.2 Å². The van der Waals surface area contributed by atoms with E-state index in [0.717, 1.165) is 32.1 Å². The Balaban J connectivity index is 1.54. The van der Waals surface area contributed by atoms with Crippen molar-refractivity contribution in [2.24, 2.45) is 5.92 Å². The summed E-state index contributed by atoms with van der Waals surface area (Å²) in [4.78, 5) is 12.4. The maximum Gasteiger partial charge on any atom is 0.314 e. The van der Waals surface area contributed by atoms with E-state index in [4.69, 9.17) is 27.9 Å². The van der Waals surface area contributed by atoms with Gasteiger partial charge in [-0.3, -0.25) is 4.79 Å². The summed E-state index contributed by atoms with van der Waals surface area (Å²) in [5.74, 6) is 0.790. The highest BCUT2D eigenvalue weighted by Gasteiger charge is 2.28. The molecule has 0 radical (unpaired) electrons. The highest BCUT2D eigenvalue weighted by Crippen LogP contribution is 2.37. The zero-order valence-corrected chi connectivity index (χ0v) is 16.5. The van der Waals surface area contributed by atoms with E-state index in [9.17, 15) is 4.79 Å². The largest absolute Gasteiger partial charge is 0.426 e. The van der Waals surface area contributed by atoms with Gasteiger partial charge in [-0.25, -0.2) is 0 Å². The van der Waals surface area contributed by atoms with Crippen LogP contribution in [0.5, 0.6) is 5.75 Å². The molecule has 2 aromatic carbocycles. The molecule has 0 saturated heterocycles. The molecule has 0 aliphatic heterocycles. The van der Waals surface area contributed by atoms with Crippen molar-refractivity contribution in [2.75, 3.05) is 0 Å². The lowest BCUT2D eigenvalue weighted by atomic mass is 9.78.